The lowest BCUT2D eigenvalue weighted by Crippen LogP contribution is -2.46. The van der Waals surface area contributed by atoms with E-state index in [2.05, 4.69) is 9.97 Å². The van der Waals surface area contributed by atoms with Crippen molar-refractivity contribution in [3.05, 3.63) is 91.1 Å². The topological polar surface area (TPSA) is 95.2 Å². The average molecular weight is 336 g/mol. The molecule has 3 N–H and O–H groups in total. The number of hydrogen-bond acceptors (Lipinski definition) is 4. The van der Waals surface area contributed by atoms with Gasteiger partial charge in [0.2, 0.25) is 0 Å². The molecular weight excluding hydrogens is 320 g/mol. The van der Waals surface area contributed by atoms with E-state index >= 15 is 0 Å². The molecular formula is C19H16N2O4. The van der Waals surface area contributed by atoms with Gasteiger partial charge in [0.1, 0.15) is 22.2 Å². The molecule has 0 amide bonds. The Morgan fingerprint density at radius 2 is 1.24 bits per heavy atom. The molecule has 25 heavy (non-hydrogen) atoms. The van der Waals surface area contributed by atoms with Gasteiger partial charge < -0.3 is 19.8 Å². The molecule has 6 heteroatoms. The number of aromatic hydroxyl groups is 1. The molecule has 0 saturated heterocycles. The summed E-state index contributed by atoms with van der Waals surface area (Å²) in [6.07, 6.45) is 3.13. The lowest BCUT2D eigenvalue weighted by atomic mass is 10.2. The number of aromatic amines is 2. The van der Waals surface area contributed by atoms with Crippen molar-refractivity contribution in [2.45, 2.75) is 0 Å². The molecule has 0 aliphatic rings. The van der Waals surface area contributed by atoms with Crippen molar-refractivity contribution in [1.82, 2.24) is 9.97 Å². The van der Waals surface area contributed by atoms with Crippen LogP contribution < -0.4 is 26.6 Å². The van der Waals surface area contributed by atoms with Gasteiger partial charge >= 0.3 is 0 Å². The number of phenols is 1. The Bertz CT molecular complexity index is 1110. The number of methoxy groups -OCH3 is 1. The highest BCUT2D eigenvalue weighted by Crippen LogP contribution is 2.11. The number of ether oxygens (including phenoxy) is 1. The number of aromatic nitrogens is 2. The maximum atomic E-state index is 12.2. The maximum Gasteiger partial charge on any atom is 0.272 e. The van der Waals surface area contributed by atoms with E-state index in [9.17, 15) is 14.7 Å². The van der Waals surface area contributed by atoms with Gasteiger partial charge in [-0.15, -0.1) is 0 Å². The quantitative estimate of drug-likeness (QED) is 0.647. The Labute approximate surface area is 142 Å². The highest BCUT2D eigenvalue weighted by atomic mass is 16.5. The third-order valence-corrected chi connectivity index (χ3v) is 3.62. The van der Waals surface area contributed by atoms with Gasteiger partial charge in [0.25, 0.3) is 11.1 Å². The van der Waals surface area contributed by atoms with Crippen LogP contribution in [-0.2, 0) is 0 Å². The molecule has 0 unspecified atom stereocenters. The summed E-state index contributed by atoms with van der Waals surface area (Å²) in [5.74, 6) is 0.836. The second-order valence-electron chi connectivity index (χ2n) is 5.39. The summed E-state index contributed by atoms with van der Waals surface area (Å²) in [6, 6.07) is 13.4. The van der Waals surface area contributed by atoms with Crippen LogP contribution in [0.3, 0.4) is 0 Å². The second kappa shape index (κ2) is 6.92. The van der Waals surface area contributed by atoms with Crippen LogP contribution in [0.4, 0.5) is 0 Å². The van der Waals surface area contributed by atoms with Crippen LogP contribution in [0, 0.1) is 0 Å². The Morgan fingerprint density at radius 3 is 1.68 bits per heavy atom. The van der Waals surface area contributed by atoms with Gasteiger partial charge in [-0.1, -0.05) is 24.3 Å². The monoisotopic (exact) mass is 336 g/mol. The molecule has 3 rings (SSSR count). The molecule has 0 bridgehead atoms. The maximum absolute atomic E-state index is 12.2. The molecule has 0 aliphatic carbocycles. The Kier molecular flexibility index (Phi) is 4.52. The zero-order valence-corrected chi connectivity index (χ0v) is 13.4. The molecule has 3 aromatic rings. The molecule has 0 spiro atoms. The standard InChI is InChI=1S/C19H16N2O4/c1-25-15-8-4-13(5-9-15)11-17-19(24)20-16(18(23)21-17)10-12-2-6-14(22)7-3-12/h2-11,22H,1H3,(H,20,24)(H,21,23)/b16-10-,17-11-. The largest absolute Gasteiger partial charge is 0.508 e. The predicted octanol–water partition coefficient (Wildman–Crippen LogP) is 0.435. The first-order chi connectivity index (χ1) is 12.0. The van der Waals surface area contributed by atoms with Crippen LogP contribution in [0.2, 0.25) is 0 Å². The predicted molar refractivity (Wildman–Crippen MR) is 95.2 cm³/mol. The molecule has 2 aromatic carbocycles. The summed E-state index contributed by atoms with van der Waals surface area (Å²) in [7, 11) is 1.57. The minimum Gasteiger partial charge on any atom is -0.508 e. The average Bonchev–Trinajstić information content (AvgIpc) is 2.62. The van der Waals surface area contributed by atoms with Crippen LogP contribution in [0.1, 0.15) is 11.1 Å². The van der Waals surface area contributed by atoms with Crippen molar-refractivity contribution < 1.29 is 9.84 Å². The number of benzene rings is 2. The van der Waals surface area contributed by atoms with Crippen molar-refractivity contribution in [3.63, 3.8) is 0 Å². The van der Waals surface area contributed by atoms with Crippen LogP contribution in [-0.4, -0.2) is 22.2 Å². The first-order valence-corrected chi connectivity index (χ1v) is 7.54. The fraction of sp³-hybridized carbons (Fsp3) is 0.0526. The van der Waals surface area contributed by atoms with Gasteiger partial charge in [0.15, 0.2) is 0 Å². The van der Waals surface area contributed by atoms with Gasteiger partial charge in [0.05, 0.1) is 7.11 Å². The SMILES string of the molecule is COc1ccc(/C=c2\[nH]c(=O)/c(=C/c3ccc(O)cc3)[nH]c2=O)cc1. The molecule has 1 aromatic heterocycles. The van der Waals surface area contributed by atoms with Crippen molar-refractivity contribution in [1.29, 1.82) is 0 Å². The van der Waals surface area contributed by atoms with E-state index in [0.717, 1.165) is 5.56 Å². The molecule has 0 fully saturated rings. The van der Waals surface area contributed by atoms with E-state index in [0.29, 0.717) is 11.3 Å². The summed E-state index contributed by atoms with van der Waals surface area (Å²) >= 11 is 0. The number of phenolic OH excluding ortho intramolecular Hbond substituents is 1. The fourth-order valence-corrected chi connectivity index (χ4v) is 2.30. The number of H-pyrrole nitrogens is 2. The van der Waals surface area contributed by atoms with Gasteiger partial charge in [-0.3, -0.25) is 9.59 Å². The molecule has 0 atom stereocenters. The zero-order valence-electron chi connectivity index (χ0n) is 13.4. The minimum atomic E-state index is -0.410. The van der Waals surface area contributed by atoms with Crippen molar-refractivity contribution in [2.75, 3.05) is 7.11 Å². The normalized spacial score (nSPS) is 12.4. The molecule has 126 valence electrons. The van der Waals surface area contributed by atoms with Crippen LogP contribution in [0.5, 0.6) is 11.5 Å². The Morgan fingerprint density at radius 1 is 0.800 bits per heavy atom. The fourth-order valence-electron chi connectivity index (χ4n) is 2.30. The smallest absolute Gasteiger partial charge is 0.272 e. The minimum absolute atomic E-state index is 0.129. The summed E-state index contributed by atoms with van der Waals surface area (Å²) in [5, 5.41) is 9.59. The molecule has 0 radical (unpaired) electrons. The molecule has 0 saturated carbocycles. The summed E-state index contributed by atoms with van der Waals surface area (Å²) in [6.45, 7) is 0. The van der Waals surface area contributed by atoms with Gasteiger partial charge in [-0.25, -0.2) is 0 Å². The lowest BCUT2D eigenvalue weighted by molar-refractivity contribution is 0.415. The van der Waals surface area contributed by atoms with Crippen LogP contribution in [0.25, 0.3) is 12.2 Å². The first kappa shape index (κ1) is 16.3. The third-order valence-electron chi connectivity index (χ3n) is 3.62. The van der Waals surface area contributed by atoms with Crippen molar-refractivity contribution in [2.24, 2.45) is 0 Å². The Balaban J connectivity index is 2.05. The lowest BCUT2D eigenvalue weighted by Gasteiger charge is -1.99. The molecule has 0 aliphatic heterocycles. The zero-order chi connectivity index (χ0) is 17.8. The van der Waals surface area contributed by atoms with Crippen LogP contribution >= 0.6 is 0 Å². The van der Waals surface area contributed by atoms with Crippen molar-refractivity contribution in [3.8, 4) is 11.5 Å². The van der Waals surface area contributed by atoms with E-state index in [-0.39, 0.29) is 16.4 Å². The van der Waals surface area contributed by atoms with Crippen molar-refractivity contribution >= 4 is 12.2 Å². The summed E-state index contributed by atoms with van der Waals surface area (Å²) in [4.78, 5) is 29.6. The third kappa shape index (κ3) is 3.87. The van der Waals surface area contributed by atoms with E-state index in [1.165, 1.54) is 18.2 Å². The molecule has 6 nitrogen and oxygen atoms in total. The first-order valence-electron chi connectivity index (χ1n) is 7.54. The van der Waals surface area contributed by atoms with E-state index in [1.807, 2.05) is 0 Å². The van der Waals surface area contributed by atoms with Gasteiger partial charge in [-0.2, -0.15) is 0 Å². The van der Waals surface area contributed by atoms with Gasteiger partial charge in [0, 0.05) is 0 Å². The van der Waals surface area contributed by atoms with E-state index < -0.39 is 11.1 Å². The number of hydrogen-bond donors (Lipinski definition) is 3. The second-order valence-corrected chi connectivity index (χ2v) is 5.39. The van der Waals surface area contributed by atoms with E-state index in [4.69, 9.17) is 4.74 Å². The number of nitrogens with one attached hydrogen (secondary N) is 2. The highest BCUT2D eigenvalue weighted by Gasteiger charge is 1.98. The highest BCUT2D eigenvalue weighted by molar-refractivity contribution is 5.50. The molecule has 1 heterocycles. The summed E-state index contributed by atoms with van der Waals surface area (Å²) < 4.78 is 5.08. The Hall–Kier alpha value is -3.54. The van der Waals surface area contributed by atoms with Gasteiger partial charge in [-0.05, 0) is 47.5 Å². The van der Waals surface area contributed by atoms with Crippen LogP contribution in [0.15, 0.2) is 58.1 Å². The number of rotatable bonds is 3. The summed E-state index contributed by atoms with van der Waals surface area (Å²) in [5.41, 5.74) is 0.635. The van der Waals surface area contributed by atoms with E-state index in [1.54, 1.807) is 49.6 Å².